The molecule has 0 bridgehead atoms. The van der Waals surface area contributed by atoms with Crippen LogP contribution < -0.4 is 19.5 Å². The van der Waals surface area contributed by atoms with E-state index in [1.807, 2.05) is 13.8 Å². The number of hydrogen-bond donors (Lipinski definition) is 1. The third kappa shape index (κ3) is 4.77. The normalized spacial score (nSPS) is 18.9. The number of amides is 2. The number of hydrogen-bond acceptors (Lipinski definition) is 7. The molecule has 2 amide bonds. The van der Waals surface area contributed by atoms with Gasteiger partial charge >= 0.3 is 0 Å². The molecular formula is C22H23N3O5S. The van der Waals surface area contributed by atoms with Crippen LogP contribution in [0.25, 0.3) is 0 Å². The van der Waals surface area contributed by atoms with Crippen LogP contribution in [0.1, 0.15) is 20.3 Å². The monoisotopic (exact) mass is 441 g/mol. The van der Waals surface area contributed by atoms with Crippen molar-refractivity contribution in [2.75, 3.05) is 25.3 Å². The highest BCUT2D eigenvalue weighted by Crippen LogP contribution is 2.37. The van der Waals surface area contributed by atoms with Crippen LogP contribution in [-0.4, -0.2) is 47.1 Å². The molecule has 31 heavy (non-hydrogen) atoms. The van der Waals surface area contributed by atoms with E-state index in [1.54, 1.807) is 47.4 Å². The van der Waals surface area contributed by atoms with E-state index < -0.39 is 5.25 Å². The highest BCUT2D eigenvalue weighted by atomic mass is 32.2. The number of anilines is 1. The summed E-state index contributed by atoms with van der Waals surface area (Å²) in [4.78, 5) is 31.7. The van der Waals surface area contributed by atoms with E-state index in [-0.39, 0.29) is 25.0 Å². The van der Waals surface area contributed by atoms with E-state index in [2.05, 4.69) is 10.3 Å². The number of carbonyl (C=O) groups excluding carboxylic acids is 2. The van der Waals surface area contributed by atoms with Crippen LogP contribution in [0.5, 0.6) is 17.2 Å². The fourth-order valence-corrected chi connectivity index (χ4v) is 4.40. The maximum Gasteiger partial charge on any atom is 0.238 e. The molecular weight excluding hydrogens is 418 g/mol. The summed E-state index contributed by atoms with van der Waals surface area (Å²) in [5.74, 6) is 1.64. The minimum absolute atomic E-state index is 0.113. The Morgan fingerprint density at radius 1 is 1.19 bits per heavy atom. The van der Waals surface area contributed by atoms with Gasteiger partial charge in [-0.25, -0.2) is 4.99 Å². The zero-order valence-electron chi connectivity index (χ0n) is 17.3. The van der Waals surface area contributed by atoms with E-state index in [9.17, 15) is 9.59 Å². The minimum atomic E-state index is -0.574. The molecule has 2 aliphatic rings. The molecule has 9 heteroatoms. The molecule has 162 valence electrons. The summed E-state index contributed by atoms with van der Waals surface area (Å²) in [6.45, 7) is 5.02. The first-order valence-electron chi connectivity index (χ1n) is 10.1. The van der Waals surface area contributed by atoms with Crippen molar-refractivity contribution in [3.63, 3.8) is 0 Å². The van der Waals surface area contributed by atoms with Crippen molar-refractivity contribution in [2.45, 2.75) is 25.5 Å². The summed E-state index contributed by atoms with van der Waals surface area (Å²) in [6.07, 6.45) is 0.113. The molecule has 2 aromatic rings. The lowest BCUT2D eigenvalue weighted by molar-refractivity contribution is -0.129. The number of benzene rings is 2. The lowest BCUT2D eigenvalue weighted by Crippen LogP contribution is -2.45. The van der Waals surface area contributed by atoms with Gasteiger partial charge in [-0.2, -0.15) is 0 Å². The molecule has 0 spiro atoms. The van der Waals surface area contributed by atoms with Crippen molar-refractivity contribution in [1.29, 1.82) is 0 Å². The summed E-state index contributed by atoms with van der Waals surface area (Å²) in [5, 5.41) is 2.79. The largest absolute Gasteiger partial charge is 0.494 e. The molecule has 1 fully saturated rings. The zero-order valence-corrected chi connectivity index (χ0v) is 18.1. The summed E-state index contributed by atoms with van der Waals surface area (Å²) in [7, 11) is 0. The molecule has 0 radical (unpaired) electrons. The molecule has 1 saturated heterocycles. The van der Waals surface area contributed by atoms with E-state index in [4.69, 9.17) is 14.2 Å². The van der Waals surface area contributed by atoms with Gasteiger partial charge in [0.15, 0.2) is 16.7 Å². The SMILES string of the molecule is CCOc1ccc(NC(=O)[C@H]2CC(=O)N(CC)C(=Nc3ccc4c(c3)OCO4)S2)cc1. The number of ether oxygens (including phenoxy) is 3. The summed E-state index contributed by atoms with van der Waals surface area (Å²) in [6, 6.07) is 12.5. The van der Waals surface area contributed by atoms with Crippen LogP contribution in [0, 0.1) is 0 Å². The Labute approximate surface area is 184 Å². The molecule has 8 nitrogen and oxygen atoms in total. The van der Waals surface area contributed by atoms with Crippen LogP contribution in [-0.2, 0) is 9.59 Å². The third-order valence-corrected chi connectivity index (χ3v) is 5.95. The van der Waals surface area contributed by atoms with Crippen molar-refractivity contribution in [3.8, 4) is 17.2 Å². The zero-order chi connectivity index (χ0) is 21.8. The van der Waals surface area contributed by atoms with E-state index >= 15 is 0 Å². The van der Waals surface area contributed by atoms with E-state index in [0.29, 0.717) is 41.2 Å². The van der Waals surface area contributed by atoms with Gasteiger partial charge < -0.3 is 19.5 Å². The fraction of sp³-hybridized carbons (Fsp3) is 0.318. The Balaban J connectivity index is 1.50. The number of rotatable bonds is 6. The van der Waals surface area contributed by atoms with Crippen LogP contribution in [0.3, 0.4) is 0 Å². The van der Waals surface area contributed by atoms with Crippen LogP contribution in [0.4, 0.5) is 11.4 Å². The molecule has 0 unspecified atom stereocenters. The highest BCUT2D eigenvalue weighted by Gasteiger charge is 2.35. The van der Waals surface area contributed by atoms with Gasteiger partial charge in [0.1, 0.15) is 11.0 Å². The maximum absolute atomic E-state index is 12.8. The molecule has 2 heterocycles. The van der Waals surface area contributed by atoms with Gasteiger partial charge in [0.2, 0.25) is 18.6 Å². The maximum atomic E-state index is 12.8. The first kappa shape index (κ1) is 21.0. The predicted molar refractivity (Wildman–Crippen MR) is 119 cm³/mol. The van der Waals surface area contributed by atoms with Gasteiger partial charge in [0.05, 0.1) is 12.3 Å². The van der Waals surface area contributed by atoms with Gasteiger partial charge in [-0.3, -0.25) is 14.5 Å². The van der Waals surface area contributed by atoms with Crippen LogP contribution in [0.2, 0.25) is 0 Å². The lowest BCUT2D eigenvalue weighted by atomic mass is 10.2. The van der Waals surface area contributed by atoms with E-state index in [1.165, 1.54) is 11.8 Å². The Kier molecular flexibility index (Phi) is 6.31. The number of fused-ring (bicyclic) bond motifs is 1. The molecule has 0 saturated carbocycles. The number of amidine groups is 1. The number of nitrogens with one attached hydrogen (secondary N) is 1. The van der Waals surface area contributed by atoms with Gasteiger partial charge in [-0.15, -0.1) is 0 Å². The molecule has 1 N–H and O–H groups in total. The average Bonchev–Trinajstić information content (AvgIpc) is 3.23. The molecule has 0 aliphatic carbocycles. The molecule has 1 atom stereocenters. The van der Waals surface area contributed by atoms with Gasteiger partial charge in [-0.05, 0) is 50.2 Å². The van der Waals surface area contributed by atoms with Gasteiger partial charge in [0.25, 0.3) is 0 Å². The Morgan fingerprint density at radius 2 is 1.97 bits per heavy atom. The Hall–Kier alpha value is -3.20. The summed E-state index contributed by atoms with van der Waals surface area (Å²) >= 11 is 1.28. The second kappa shape index (κ2) is 9.30. The Bertz CT molecular complexity index is 1010. The van der Waals surface area contributed by atoms with Gasteiger partial charge in [-0.1, -0.05) is 11.8 Å². The number of thioether (sulfide) groups is 1. The third-order valence-electron chi connectivity index (χ3n) is 4.76. The van der Waals surface area contributed by atoms with Crippen molar-refractivity contribution < 1.29 is 23.8 Å². The van der Waals surface area contributed by atoms with E-state index in [0.717, 1.165) is 5.75 Å². The molecule has 4 rings (SSSR count). The van der Waals surface area contributed by atoms with Crippen LogP contribution >= 0.6 is 11.8 Å². The number of carbonyl (C=O) groups is 2. The van der Waals surface area contributed by atoms with Gasteiger partial charge in [0, 0.05) is 24.7 Å². The standard InChI is InChI=1S/C22H23N3O5S/c1-3-25-20(26)12-19(21(27)23-14-5-8-16(9-6-14)28-4-2)31-22(25)24-15-7-10-17-18(11-15)30-13-29-17/h5-11,19H,3-4,12-13H2,1-2H3,(H,23,27)/t19-/m1/s1. The van der Waals surface area contributed by atoms with Crippen molar-refractivity contribution >= 4 is 40.1 Å². The smallest absolute Gasteiger partial charge is 0.238 e. The van der Waals surface area contributed by atoms with Crippen molar-refractivity contribution in [2.24, 2.45) is 4.99 Å². The average molecular weight is 442 g/mol. The highest BCUT2D eigenvalue weighted by molar-refractivity contribution is 8.15. The first-order chi connectivity index (χ1) is 15.1. The topological polar surface area (TPSA) is 89.5 Å². The second-order valence-corrected chi connectivity index (χ2v) is 8.00. The second-order valence-electron chi connectivity index (χ2n) is 6.83. The molecule has 2 aliphatic heterocycles. The summed E-state index contributed by atoms with van der Waals surface area (Å²) in [5.41, 5.74) is 1.28. The van der Waals surface area contributed by atoms with Crippen molar-refractivity contribution in [3.05, 3.63) is 42.5 Å². The number of aliphatic imine (C=N–C) groups is 1. The fourth-order valence-electron chi connectivity index (χ4n) is 3.24. The molecule has 0 aromatic heterocycles. The quantitative estimate of drug-likeness (QED) is 0.734. The van der Waals surface area contributed by atoms with Crippen LogP contribution in [0.15, 0.2) is 47.5 Å². The van der Waals surface area contributed by atoms with Crippen molar-refractivity contribution in [1.82, 2.24) is 4.90 Å². The first-order valence-corrected chi connectivity index (χ1v) is 10.9. The predicted octanol–water partition coefficient (Wildman–Crippen LogP) is 3.79. The summed E-state index contributed by atoms with van der Waals surface area (Å²) < 4.78 is 16.1. The Morgan fingerprint density at radius 3 is 2.71 bits per heavy atom. The number of nitrogens with zero attached hydrogens (tertiary/aromatic N) is 2. The lowest BCUT2D eigenvalue weighted by Gasteiger charge is -2.30. The minimum Gasteiger partial charge on any atom is -0.494 e. The molecule has 2 aromatic carbocycles.